The lowest BCUT2D eigenvalue weighted by molar-refractivity contribution is -0.137. The first-order valence-corrected chi connectivity index (χ1v) is 6.73. The van der Waals surface area contributed by atoms with Crippen LogP contribution in [0.1, 0.15) is 18.4 Å². The maximum Gasteiger partial charge on any atom is 0.418 e. The number of hydrogen-bond acceptors (Lipinski definition) is 3. The third kappa shape index (κ3) is 3.95. The summed E-state index contributed by atoms with van der Waals surface area (Å²) < 4.78 is 38.5. The molecule has 1 amide bonds. The molecule has 0 aromatic heterocycles. The van der Waals surface area contributed by atoms with Crippen molar-refractivity contribution in [1.29, 1.82) is 0 Å². The number of para-hydroxylation sites is 1. The van der Waals surface area contributed by atoms with E-state index < -0.39 is 17.6 Å². The molecule has 116 valence electrons. The third-order valence-corrected chi connectivity index (χ3v) is 3.56. The monoisotopic (exact) mass is 302 g/mol. The summed E-state index contributed by atoms with van der Waals surface area (Å²) in [6.45, 7) is 0.601. The molecule has 2 N–H and O–H groups in total. The van der Waals surface area contributed by atoms with Crippen LogP contribution in [-0.2, 0) is 11.0 Å². The molecule has 1 aliphatic heterocycles. The summed E-state index contributed by atoms with van der Waals surface area (Å²) in [5, 5.41) is 11.5. The molecule has 0 radical (unpaired) electrons. The summed E-state index contributed by atoms with van der Waals surface area (Å²) in [7, 11) is 0. The predicted octanol–water partition coefficient (Wildman–Crippen LogP) is 2.10. The van der Waals surface area contributed by atoms with Crippen LogP contribution in [0.3, 0.4) is 0 Å². The van der Waals surface area contributed by atoms with Crippen molar-refractivity contribution in [3.05, 3.63) is 29.8 Å². The average molecular weight is 302 g/mol. The lowest BCUT2D eigenvalue weighted by Gasteiger charge is -2.22. The number of nitrogens with zero attached hydrogens (tertiary/aromatic N) is 1. The molecule has 4 nitrogen and oxygen atoms in total. The summed E-state index contributed by atoms with van der Waals surface area (Å²) in [5.74, 6) is -0.507. The van der Waals surface area contributed by atoms with Crippen molar-refractivity contribution in [2.24, 2.45) is 0 Å². The molecule has 0 aliphatic carbocycles. The standard InChI is InChI=1S/C14H17F3N2O2/c15-14(16,17)11-5-1-2-6-12(11)18-13(21)8-19-7-3-4-10(19)9-20/h1-2,5-6,10,20H,3-4,7-9H2,(H,18,21)/t10-/m1/s1. The van der Waals surface area contributed by atoms with Crippen LogP contribution >= 0.6 is 0 Å². The predicted molar refractivity (Wildman–Crippen MR) is 71.8 cm³/mol. The molecular weight excluding hydrogens is 285 g/mol. The van der Waals surface area contributed by atoms with Crippen LogP contribution in [0.15, 0.2) is 24.3 Å². The molecule has 1 aliphatic rings. The second-order valence-corrected chi connectivity index (χ2v) is 5.04. The van der Waals surface area contributed by atoms with Gasteiger partial charge < -0.3 is 10.4 Å². The van der Waals surface area contributed by atoms with Crippen molar-refractivity contribution in [2.45, 2.75) is 25.1 Å². The minimum absolute atomic E-state index is 0.0165. The highest BCUT2D eigenvalue weighted by molar-refractivity contribution is 5.93. The molecule has 7 heteroatoms. The Morgan fingerprint density at radius 3 is 2.76 bits per heavy atom. The number of hydrogen-bond donors (Lipinski definition) is 2. The molecule has 1 fully saturated rings. The SMILES string of the molecule is O=C(CN1CCC[C@@H]1CO)Nc1ccccc1C(F)(F)F. The van der Waals surface area contributed by atoms with Gasteiger partial charge in [-0.3, -0.25) is 9.69 Å². The van der Waals surface area contributed by atoms with Gasteiger partial charge in [-0.1, -0.05) is 12.1 Å². The minimum atomic E-state index is -4.51. The molecule has 1 saturated heterocycles. The van der Waals surface area contributed by atoms with Crippen LogP contribution in [0.25, 0.3) is 0 Å². The fourth-order valence-corrected chi connectivity index (χ4v) is 2.52. The molecule has 1 aromatic rings. The van der Waals surface area contributed by atoms with E-state index >= 15 is 0 Å². The molecular formula is C14H17F3N2O2. The van der Waals surface area contributed by atoms with Gasteiger partial charge in [-0.25, -0.2) is 0 Å². The lowest BCUT2D eigenvalue weighted by Crippen LogP contribution is -2.38. The summed E-state index contributed by atoms with van der Waals surface area (Å²) >= 11 is 0. The first-order valence-electron chi connectivity index (χ1n) is 6.73. The molecule has 0 bridgehead atoms. The van der Waals surface area contributed by atoms with Crippen LogP contribution in [0, 0.1) is 0 Å². The largest absolute Gasteiger partial charge is 0.418 e. The summed E-state index contributed by atoms with van der Waals surface area (Å²) in [5.41, 5.74) is -1.10. The maximum atomic E-state index is 12.8. The van der Waals surface area contributed by atoms with E-state index in [1.165, 1.54) is 18.2 Å². The van der Waals surface area contributed by atoms with Gasteiger partial charge in [0.2, 0.25) is 5.91 Å². The van der Waals surface area contributed by atoms with Gasteiger partial charge in [0.05, 0.1) is 24.4 Å². The molecule has 1 heterocycles. The number of likely N-dealkylation sites (tertiary alicyclic amines) is 1. The van der Waals surface area contributed by atoms with E-state index in [4.69, 9.17) is 5.11 Å². The smallest absolute Gasteiger partial charge is 0.395 e. The molecule has 0 unspecified atom stereocenters. The number of amides is 1. The Hall–Kier alpha value is -1.60. The van der Waals surface area contributed by atoms with Crippen molar-refractivity contribution >= 4 is 11.6 Å². The highest BCUT2D eigenvalue weighted by Gasteiger charge is 2.34. The van der Waals surface area contributed by atoms with Gasteiger partial charge in [-0.15, -0.1) is 0 Å². The number of nitrogens with one attached hydrogen (secondary N) is 1. The van der Waals surface area contributed by atoms with Crippen LogP contribution in [-0.4, -0.2) is 41.7 Å². The fraction of sp³-hybridized carbons (Fsp3) is 0.500. The van der Waals surface area contributed by atoms with E-state index in [0.717, 1.165) is 18.9 Å². The van der Waals surface area contributed by atoms with Gasteiger partial charge in [-0.05, 0) is 31.5 Å². The molecule has 2 rings (SSSR count). The summed E-state index contributed by atoms with van der Waals surface area (Å²) in [6, 6.07) is 4.79. The number of benzene rings is 1. The Kier molecular flexibility index (Phi) is 4.84. The second kappa shape index (κ2) is 6.44. The average Bonchev–Trinajstić information content (AvgIpc) is 2.85. The van der Waals surface area contributed by atoms with Crippen LogP contribution < -0.4 is 5.32 Å². The lowest BCUT2D eigenvalue weighted by atomic mass is 10.1. The van der Waals surface area contributed by atoms with Gasteiger partial charge in [0, 0.05) is 6.04 Å². The van der Waals surface area contributed by atoms with E-state index in [9.17, 15) is 18.0 Å². The molecule has 1 aromatic carbocycles. The quantitative estimate of drug-likeness (QED) is 0.895. The van der Waals surface area contributed by atoms with Gasteiger partial charge >= 0.3 is 6.18 Å². The van der Waals surface area contributed by atoms with Crippen LogP contribution in [0.2, 0.25) is 0 Å². The zero-order chi connectivity index (χ0) is 15.5. The van der Waals surface area contributed by atoms with E-state index in [1.807, 2.05) is 0 Å². The topological polar surface area (TPSA) is 52.6 Å². The molecule has 21 heavy (non-hydrogen) atoms. The van der Waals surface area contributed by atoms with Crippen molar-refractivity contribution in [1.82, 2.24) is 4.90 Å². The molecule has 1 atom stereocenters. The molecule has 0 spiro atoms. The Morgan fingerprint density at radius 2 is 2.10 bits per heavy atom. The van der Waals surface area contributed by atoms with Crippen LogP contribution in [0.5, 0.6) is 0 Å². The maximum absolute atomic E-state index is 12.8. The zero-order valence-electron chi connectivity index (χ0n) is 11.4. The number of rotatable bonds is 4. The van der Waals surface area contributed by atoms with E-state index in [0.29, 0.717) is 6.54 Å². The van der Waals surface area contributed by atoms with E-state index in [1.54, 1.807) is 4.90 Å². The first kappa shape index (κ1) is 15.8. The van der Waals surface area contributed by atoms with Crippen LogP contribution in [0.4, 0.5) is 18.9 Å². The second-order valence-electron chi connectivity index (χ2n) is 5.04. The number of aliphatic hydroxyl groups is 1. The molecule has 0 saturated carbocycles. The number of alkyl halides is 3. The van der Waals surface area contributed by atoms with Gasteiger partial charge in [0.15, 0.2) is 0 Å². The number of carbonyl (C=O) groups excluding carboxylic acids is 1. The Balaban J connectivity index is 2.03. The van der Waals surface area contributed by atoms with E-state index in [2.05, 4.69) is 5.32 Å². The Morgan fingerprint density at radius 1 is 1.38 bits per heavy atom. The first-order chi connectivity index (χ1) is 9.91. The minimum Gasteiger partial charge on any atom is -0.395 e. The Bertz CT molecular complexity index is 505. The Labute approximate surface area is 120 Å². The van der Waals surface area contributed by atoms with Gasteiger partial charge in [0.1, 0.15) is 0 Å². The fourth-order valence-electron chi connectivity index (χ4n) is 2.52. The normalized spacial score (nSPS) is 19.7. The highest BCUT2D eigenvalue weighted by atomic mass is 19.4. The van der Waals surface area contributed by atoms with Crippen molar-refractivity contribution in [3.8, 4) is 0 Å². The number of aliphatic hydroxyl groups excluding tert-OH is 1. The number of halogens is 3. The van der Waals surface area contributed by atoms with Crippen molar-refractivity contribution in [3.63, 3.8) is 0 Å². The van der Waals surface area contributed by atoms with E-state index in [-0.39, 0.29) is 24.9 Å². The van der Waals surface area contributed by atoms with Gasteiger partial charge in [0.25, 0.3) is 0 Å². The van der Waals surface area contributed by atoms with Gasteiger partial charge in [-0.2, -0.15) is 13.2 Å². The van der Waals surface area contributed by atoms with Crippen molar-refractivity contribution in [2.75, 3.05) is 25.0 Å². The summed E-state index contributed by atoms with van der Waals surface area (Å²) in [4.78, 5) is 13.7. The third-order valence-electron chi connectivity index (χ3n) is 3.56. The van der Waals surface area contributed by atoms with Crippen molar-refractivity contribution < 1.29 is 23.1 Å². The summed E-state index contributed by atoms with van der Waals surface area (Å²) in [6.07, 6.45) is -2.84. The number of carbonyl (C=O) groups is 1. The zero-order valence-corrected chi connectivity index (χ0v) is 11.4. The highest BCUT2D eigenvalue weighted by Crippen LogP contribution is 2.34. The number of anilines is 1.